The van der Waals surface area contributed by atoms with Gasteiger partial charge in [0.1, 0.15) is 5.69 Å². The molecule has 3 heterocycles. The molecular formula is C24H18N4OS. The fraction of sp³-hybridized carbons (Fsp3) is 0.0417. The summed E-state index contributed by atoms with van der Waals surface area (Å²) < 4.78 is 1.85. The number of aromatic nitrogens is 2. The summed E-state index contributed by atoms with van der Waals surface area (Å²) in [7, 11) is 0. The molecule has 0 saturated heterocycles. The van der Waals surface area contributed by atoms with E-state index in [9.17, 15) is 4.79 Å². The van der Waals surface area contributed by atoms with Gasteiger partial charge in [-0.25, -0.2) is 4.68 Å². The molecule has 0 N–H and O–H groups in total. The van der Waals surface area contributed by atoms with Gasteiger partial charge in [0.05, 0.1) is 27.5 Å². The van der Waals surface area contributed by atoms with Crippen LogP contribution in [-0.2, 0) is 4.79 Å². The van der Waals surface area contributed by atoms with Crippen LogP contribution in [0, 0.1) is 0 Å². The lowest BCUT2D eigenvalue weighted by Gasteiger charge is -2.10. The first-order valence-corrected chi connectivity index (χ1v) is 10.4. The summed E-state index contributed by atoms with van der Waals surface area (Å²) in [4.78, 5) is 14.2. The lowest BCUT2D eigenvalue weighted by atomic mass is 10.1. The number of anilines is 1. The van der Waals surface area contributed by atoms with Crippen LogP contribution in [0.5, 0.6) is 0 Å². The second-order valence-corrected chi connectivity index (χ2v) is 7.83. The molecule has 0 radical (unpaired) electrons. The van der Waals surface area contributed by atoms with Gasteiger partial charge in [-0.1, -0.05) is 42.5 Å². The molecule has 0 spiro atoms. The third-order valence-electron chi connectivity index (χ3n) is 4.88. The first-order chi connectivity index (χ1) is 14.7. The van der Waals surface area contributed by atoms with E-state index in [-0.39, 0.29) is 5.91 Å². The van der Waals surface area contributed by atoms with E-state index < -0.39 is 0 Å². The quantitative estimate of drug-likeness (QED) is 0.423. The normalized spacial score (nSPS) is 15.1. The topological polar surface area (TPSA) is 50.5 Å². The van der Waals surface area contributed by atoms with Crippen molar-refractivity contribution in [2.45, 2.75) is 6.92 Å². The fourth-order valence-electron chi connectivity index (χ4n) is 3.39. The van der Waals surface area contributed by atoms with E-state index in [2.05, 4.69) is 5.10 Å². The van der Waals surface area contributed by atoms with Crippen molar-refractivity contribution in [1.29, 1.82) is 0 Å². The molecule has 1 aliphatic rings. The summed E-state index contributed by atoms with van der Waals surface area (Å²) in [6, 6.07) is 23.5. The van der Waals surface area contributed by atoms with Crippen molar-refractivity contribution in [2.24, 2.45) is 5.10 Å². The number of nitrogens with zero attached hydrogens (tertiary/aromatic N) is 4. The van der Waals surface area contributed by atoms with Gasteiger partial charge < -0.3 is 0 Å². The Kier molecular flexibility index (Phi) is 4.61. The first-order valence-electron chi connectivity index (χ1n) is 9.56. The van der Waals surface area contributed by atoms with Crippen molar-refractivity contribution in [2.75, 3.05) is 5.01 Å². The Balaban J connectivity index is 1.59. The van der Waals surface area contributed by atoms with Gasteiger partial charge in [-0.2, -0.15) is 15.2 Å². The summed E-state index contributed by atoms with van der Waals surface area (Å²) in [5.74, 6) is -0.136. The van der Waals surface area contributed by atoms with Crippen LogP contribution in [0.1, 0.15) is 12.5 Å². The Hall–Kier alpha value is -3.77. The van der Waals surface area contributed by atoms with Gasteiger partial charge in [0.15, 0.2) is 0 Å². The van der Waals surface area contributed by atoms with Crippen LogP contribution >= 0.6 is 11.3 Å². The summed E-state index contributed by atoms with van der Waals surface area (Å²) in [6.45, 7) is 1.86. The van der Waals surface area contributed by atoms with Crippen molar-refractivity contribution >= 4 is 34.7 Å². The molecule has 4 aromatic rings. The second kappa shape index (κ2) is 7.57. The highest BCUT2D eigenvalue weighted by Crippen LogP contribution is 2.31. The van der Waals surface area contributed by atoms with Gasteiger partial charge in [0.25, 0.3) is 5.91 Å². The number of carbonyl (C=O) groups excluding carboxylic acids is 1. The number of carbonyl (C=O) groups is 1. The molecule has 0 bridgehead atoms. The number of thiophene rings is 1. The molecule has 30 heavy (non-hydrogen) atoms. The van der Waals surface area contributed by atoms with Crippen LogP contribution in [0.3, 0.4) is 0 Å². The minimum atomic E-state index is -0.136. The van der Waals surface area contributed by atoms with E-state index in [0.717, 1.165) is 27.5 Å². The minimum absolute atomic E-state index is 0.136. The maximum atomic E-state index is 13.1. The third-order valence-corrected chi connectivity index (χ3v) is 5.76. The second-order valence-electron chi connectivity index (χ2n) is 6.89. The van der Waals surface area contributed by atoms with Crippen LogP contribution in [-0.4, -0.2) is 21.4 Å². The van der Waals surface area contributed by atoms with E-state index in [1.165, 1.54) is 5.01 Å². The average molecular weight is 411 g/mol. The monoisotopic (exact) mass is 410 g/mol. The maximum Gasteiger partial charge on any atom is 0.280 e. The van der Waals surface area contributed by atoms with Crippen molar-refractivity contribution in [3.63, 3.8) is 0 Å². The van der Waals surface area contributed by atoms with Crippen LogP contribution in [0.4, 0.5) is 5.69 Å². The van der Waals surface area contributed by atoms with Crippen molar-refractivity contribution in [1.82, 2.24) is 9.78 Å². The van der Waals surface area contributed by atoms with Crippen molar-refractivity contribution in [3.05, 3.63) is 95.5 Å². The molecule has 1 amide bonds. The summed E-state index contributed by atoms with van der Waals surface area (Å²) >= 11 is 1.62. The molecule has 2 aromatic heterocycles. The lowest BCUT2D eigenvalue weighted by Crippen LogP contribution is -2.21. The highest BCUT2D eigenvalue weighted by atomic mass is 32.1. The Morgan fingerprint density at radius 2 is 1.60 bits per heavy atom. The number of hydrogen-bond donors (Lipinski definition) is 0. The Morgan fingerprint density at radius 3 is 2.27 bits per heavy atom. The zero-order chi connectivity index (χ0) is 20.5. The van der Waals surface area contributed by atoms with Gasteiger partial charge in [-0.05, 0) is 48.7 Å². The molecule has 0 fully saturated rings. The van der Waals surface area contributed by atoms with E-state index in [1.54, 1.807) is 11.3 Å². The molecule has 0 aliphatic carbocycles. The Morgan fingerprint density at radius 1 is 0.900 bits per heavy atom. The van der Waals surface area contributed by atoms with E-state index >= 15 is 0 Å². The smallest absolute Gasteiger partial charge is 0.267 e. The van der Waals surface area contributed by atoms with E-state index in [0.29, 0.717) is 11.3 Å². The molecule has 5 nitrogen and oxygen atoms in total. The first kappa shape index (κ1) is 18.3. The third kappa shape index (κ3) is 3.27. The summed E-state index contributed by atoms with van der Waals surface area (Å²) in [5, 5.41) is 12.8. The molecule has 146 valence electrons. The SMILES string of the molecule is CC1=NN(c2ccccc2)C(=O)/C1=C/c1cn(-c2ccccc2)nc1-c1cccs1. The van der Waals surface area contributed by atoms with Crippen molar-refractivity contribution < 1.29 is 4.79 Å². The average Bonchev–Trinajstić information content (AvgIpc) is 3.51. The zero-order valence-corrected chi connectivity index (χ0v) is 17.1. The summed E-state index contributed by atoms with van der Waals surface area (Å²) in [6.07, 6.45) is 3.86. The Bertz CT molecular complexity index is 1260. The largest absolute Gasteiger partial charge is 0.280 e. The highest BCUT2D eigenvalue weighted by molar-refractivity contribution is 7.13. The van der Waals surface area contributed by atoms with Gasteiger partial charge in [0.2, 0.25) is 0 Å². The minimum Gasteiger partial charge on any atom is -0.267 e. The fourth-order valence-corrected chi connectivity index (χ4v) is 4.13. The van der Waals surface area contributed by atoms with Crippen LogP contribution in [0.25, 0.3) is 22.3 Å². The molecule has 0 atom stereocenters. The Labute approximate surface area is 178 Å². The van der Waals surface area contributed by atoms with Crippen LogP contribution in [0.15, 0.2) is 95.0 Å². The highest BCUT2D eigenvalue weighted by Gasteiger charge is 2.29. The van der Waals surface area contributed by atoms with Gasteiger partial charge >= 0.3 is 0 Å². The number of hydrazone groups is 1. The molecule has 6 heteroatoms. The number of amides is 1. The molecule has 2 aromatic carbocycles. The molecule has 0 saturated carbocycles. The van der Waals surface area contributed by atoms with Crippen molar-refractivity contribution in [3.8, 4) is 16.3 Å². The lowest BCUT2D eigenvalue weighted by molar-refractivity contribution is -0.114. The molecule has 1 aliphatic heterocycles. The van der Waals surface area contributed by atoms with E-state index in [4.69, 9.17) is 5.10 Å². The molecular weight excluding hydrogens is 392 g/mol. The molecule has 5 rings (SSSR count). The van der Waals surface area contributed by atoms with Gasteiger partial charge in [-0.15, -0.1) is 11.3 Å². The van der Waals surface area contributed by atoms with Crippen LogP contribution in [0.2, 0.25) is 0 Å². The predicted octanol–water partition coefficient (Wildman–Crippen LogP) is 5.41. The summed E-state index contributed by atoms with van der Waals surface area (Å²) in [5.41, 5.74) is 4.71. The zero-order valence-electron chi connectivity index (χ0n) is 16.3. The number of para-hydroxylation sites is 2. The predicted molar refractivity (Wildman–Crippen MR) is 122 cm³/mol. The number of rotatable bonds is 4. The number of benzene rings is 2. The van der Waals surface area contributed by atoms with Gasteiger partial charge in [-0.3, -0.25) is 4.79 Å². The van der Waals surface area contributed by atoms with E-state index in [1.807, 2.05) is 102 Å². The maximum absolute atomic E-state index is 13.1. The van der Waals surface area contributed by atoms with Gasteiger partial charge in [0, 0.05) is 11.8 Å². The van der Waals surface area contributed by atoms with Crippen LogP contribution < -0.4 is 5.01 Å². The number of hydrogen-bond acceptors (Lipinski definition) is 4. The molecule has 0 unspecified atom stereocenters. The standard InChI is InChI=1S/C24H18N4OS/c1-17-21(24(29)28(25-17)20-11-6-3-7-12-20)15-18-16-27(19-9-4-2-5-10-19)26-23(18)22-13-8-14-30-22/h2-16H,1H3/b21-15+.